The number of ether oxygens (including phenoxy) is 1. The molecule has 28 heavy (non-hydrogen) atoms. The van der Waals surface area contributed by atoms with Crippen LogP contribution in [0.3, 0.4) is 0 Å². The van der Waals surface area contributed by atoms with Gasteiger partial charge in [-0.25, -0.2) is 14.4 Å². The molecule has 6 heteroatoms. The van der Waals surface area contributed by atoms with E-state index in [9.17, 15) is 9.50 Å². The average molecular weight is 379 g/mol. The first-order valence-corrected chi connectivity index (χ1v) is 9.36. The van der Waals surface area contributed by atoms with E-state index < -0.39 is 5.60 Å². The topological polar surface area (TPSA) is 58.5 Å². The fourth-order valence-corrected chi connectivity index (χ4v) is 3.60. The van der Waals surface area contributed by atoms with Crippen LogP contribution in [0.4, 0.5) is 4.39 Å². The molecular weight excluding hydrogens is 357 g/mol. The molecule has 0 bridgehead atoms. The predicted molar refractivity (Wildman–Crippen MR) is 103 cm³/mol. The number of nitrogens with zero attached hydrogens (tertiary/aromatic N) is 3. The van der Waals surface area contributed by atoms with E-state index in [2.05, 4.69) is 14.9 Å². The third-order valence-corrected chi connectivity index (χ3v) is 5.11. The summed E-state index contributed by atoms with van der Waals surface area (Å²) in [6, 6.07) is 16.4. The second-order valence-corrected chi connectivity index (χ2v) is 7.07. The van der Waals surface area contributed by atoms with E-state index in [-0.39, 0.29) is 5.82 Å². The second-order valence-electron chi connectivity index (χ2n) is 7.07. The number of piperidine rings is 1. The largest absolute Gasteiger partial charge is 0.424 e. The van der Waals surface area contributed by atoms with E-state index >= 15 is 0 Å². The van der Waals surface area contributed by atoms with Crippen molar-refractivity contribution in [1.29, 1.82) is 0 Å². The monoisotopic (exact) mass is 379 g/mol. The van der Waals surface area contributed by atoms with Gasteiger partial charge in [0.2, 0.25) is 0 Å². The zero-order chi connectivity index (χ0) is 19.4. The molecule has 0 unspecified atom stereocenters. The maximum absolute atomic E-state index is 14.1. The van der Waals surface area contributed by atoms with E-state index in [1.807, 2.05) is 24.3 Å². The molecule has 1 aliphatic heterocycles. The van der Waals surface area contributed by atoms with E-state index in [1.165, 1.54) is 6.07 Å². The number of rotatable bonds is 5. The minimum atomic E-state index is -1.10. The van der Waals surface area contributed by atoms with Crippen molar-refractivity contribution in [2.45, 2.75) is 25.0 Å². The van der Waals surface area contributed by atoms with Gasteiger partial charge in [0.25, 0.3) is 0 Å². The molecule has 0 amide bonds. The second kappa shape index (κ2) is 8.04. The molecule has 1 fully saturated rings. The maximum Gasteiger partial charge on any atom is 0.321 e. The van der Waals surface area contributed by atoms with Crippen molar-refractivity contribution in [3.63, 3.8) is 0 Å². The number of benzene rings is 2. The zero-order valence-electron chi connectivity index (χ0n) is 15.5. The van der Waals surface area contributed by atoms with Gasteiger partial charge in [0.15, 0.2) is 0 Å². The molecule has 0 saturated carbocycles. The number of hydrogen-bond acceptors (Lipinski definition) is 5. The third-order valence-electron chi connectivity index (χ3n) is 5.11. The van der Waals surface area contributed by atoms with Gasteiger partial charge in [-0.2, -0.15) is 0 Å². The summed E-state index contributed by atoms with van der Waals surface area (Å²) in [7, 11) is 0. The molecule has 3 aromatic rings. The Morgan fingerprint density at radius 1 is 1.00 bits per heavy atom. The lowest BCUT2D eigenvalue weighted by Gasteiger charge is -2.38. The van der Waals surface area contributed by atoms with Crippen molar-refractivity contribution < 1.29 is 14.2 Å². The number of hydrogen-bond donors (Lipinski definition) is 1. The molecule has 4 rings (SSSR count). The van der Waals surface area contributed by atoms with Gasteiger partial charge in [0.1, 0.15) is 11.6 Å². The highest BCUT2D eigenvalue weighted by Gasteiger charge is 2.35. The summed E-state index contributed by atoms with van der Waals surface area (Å²) in [5.74, 6) is 0.343. The van der Waals surface area contributed by atoms with Crippen LogP contribution in [0.15, 0.2) is 67.0 Å². The van der Waals surface area contributed by atoms with Gasteiger partial charge in [-0.15, -0.1) is 0 Å². The molecule has 144 valence electrons. The maximum atomic E-state index is 14.1. The van der Waals surface area contributed by atoms with Crippen LogP contribution in [0.2, 0.25) is 0 Å². The third kappa shape index (κ3) is 4.18. The molecule has 2 heterocycles. The quantitative estimate of drug-likeness (QED) is 0.729. The Balaban J connectivity index is 1.39. The minimum Gasteiger partial charge on any atom is -0.424 e. The van der Waals surface area contributed by atoms with Crippen molar-refractivity contribution >= 4 is 0 Å². The molecule has 0 spiro atoms. The Labute approximate surface area is 163 Å². The lowest BCUT2D eigenvalue weighted by atomic mass is 9.84. The Hall–Kier alpha value is -2.83. The number of aromatic nitrogens is 2. The van der Waals surface area contributed by atoms with Crippen LogP contribution in [-0.4, -0.2) is 33.1 Å². The summed E-state index contributed by atoms with van der Waals surface area (Å²) in [4.78, 5) is 10.4. The highest BCUT2D eigenvalue weighted by Crippen LogP contribution is 2.34. The summed E-state index contributed by atoms with van der Waals surface area (Å²) in [6.07, 6.45) is 4.28. The van der Waals surface area contributed by atoms with Gasteiger partial charge in [0, 0.05) is 37.6 Å². The van der Waals surface area contributed by atoms with Crippen molar-refractivity contribution in [1.82, 2.24) is 14.9 Å². The van der Waals surface area contributed by atoms with Crippen molar-refractivity contribution in [3.8, 4) is 11.8 Å². The molecule has 0 atom stereocenters. The Morgan fingerprint density at radius 3 is 2.50 bits per heavy atom. The van der Waals surface area contributed by atoms with Crippen LogP contribution in [0.25, 0.3) is 0 Å². The predicted octanol–water partition coefficient (Wildman–Crippen LogP) is 3.89. The normalized spacial score (nSPS) is 16.6. The van der Waals surface area contributed by atoms with Crippen molar-refractivity contribution in [2.75, 3.05) is 13.1 Å². The van der Waals surface area contributed by atoms with Gasteiger partial charge in [-0.1, -0.05) is 30.3 Å². The minimum absolute atomic E-state index is 0.313. The molecule has 0 aliphatic carbocycles. The van der Waals surface area contributed by atoms with E-state index in [4.69, 9.17) is 4.74 Å². The standard InChI is InChI=1S/C22H22FN3O2/c23-20-8-2-1-7-19(20)22(27)9-13-26(14-10-22)16-17-5-3-6-18(15-17)28-21-24-11-4-12-25-21/h1-8,11-12,15,27H,9-10,13-14,16H2. The molecule has 1 aromatic heterocycles. The summed E-state index contributed by atoms with van der Waals surface area (Å²) < 4.78 is 19.8. The lowest BCUT2D eigenvalue weighted by molar-refractivity contribution is -0.0302. The van der Waals surface area contributed by atoms with E-state index in [1.54, 1.807) is 36.7 Å². The van der Waals surface area contributed by atoms with Gasteiger partial charge < -0.3 is 9.84 Å². The van der Waals surface area contributed by atoms with Gasteiger partial charge >= 0.3 is 6.01 Å². The summed E-state index contributed by atoms with van der Waals surface area (Å²) in [5, 5.41) is 10.9. The molecule has 0 radical (unpaired) electrons. The SMILES string of the molecule is OC1(c2ccccc2F)CCN(Cc2cccc(Oc3ncccn3)c2)CC1. The highest BCUT2D eigenvalue weighted by atomic mass is 19.1. The number of aliphatic hydroxyl groups is 1. The Kier molecular flexibility index (Phi) is 5.32. The summed E-state index contributed by atoms with van der Waals surface area (Å²) >= 11 is 0. The molecule has 1 N–H and O–H groups in total. The zero-order valence-corrected chi connectivity index (χ0v) is 15.5. The molecule has 5 nitrogen and oxygen atoms in total. The van der Waals surface area contributed by atoms with E-state index in [0.29, 0.717) is 43.3 Å². The van der Waals surface area contributed by atoms with Crippen molar-refractivity contribution in [3.05, 3.63) is 83.9 Å². The van der Waals surface area contributed by atoms with Crippen LogP contribution in [0, 0.1) is 5.82 Å². The van der Waals surface area contributed by atoms with Crippen LogP contribution in [0.1, 0.15) is 24.0 Å². The molecule has 2 aromatic carbocycles. The molecular formula is C22H22FN3O2. The first kappa shape index (κ1) is 18.5. The van der Waals surface area contributed by atoms with Crippen LogP contribution >= 0.6 is 0 Å². The first-order valence-electron chi connectivity index (χ1n) is 9.36. The number of likely N-dealkylation sites (tertiary alicyclic amines) is 1. The fourth-order valence-electron chi connectivity index (χ4n) is 3.60. The highest BCUT2D eigenvalue weighted by molar-refractivity contribution is 5.30. The Bertz CT molecular complexity index is 928. The average Bonchev–Trinajstić information content (AvgIpc) is 2.71. The number of halogens is 1. The summed E-state index contributed by atoms with van der Waals surface area (Å²) in [6.45, 7) is 2.12. The van der Waals surface area contributed by atoms with Gasteiger partial charge in [-0.05, 0) is 42.7 Å². The Morgan fingerprint density at radius 2 is 1.75 bits per heavy atom. The van der Waals surface area contributed by atoms with Crippen LogP contribution in [-0.2, 0) is 12.1 Å². The fraction of sp³-hybridized carbons (Fsp3) is 0.273. The van der Waals surface area contributed by atoms with Gasteiger partial charge in [-0.3, -0.25) is 4.90 Å². The first-order chi connectivity index (χ1) is 13.6. The molecule has 1 saturated heterocycles. The van der Waals surface area contributed by atoms with Crippen LogP contribution in [0.5, 0.6) is 11.8 Å². The van der Waals surface area contributed by atoms with Crippen LogP contribution < -0.4 is 4.74 Å². The van der Waals surface area contributed by atoms with E-state index in [0.717, 1.165) is 12.1 Å². The van der Waals surface area contributed by atoms with Crippen molar-refractivity contribution in [2.24, 2.45) is 0 Å². The van der Waals surface area contributed by atoms with Gasteiger partial charge in [0.05, 0.1) is 5.60 Å². The summed E-state index contributed by atoms with van der Waals surface area (Å²) in [5.41, 5.74) is 0.398. The smallest absolute Gasteiger partial charge is 0.321 e. The molecule has 1 aliphatic rings. The lowest BCUT2D eigenvalue weighted by Crippen LogP contribution is -2.42.